The van der Waals surface area contributed by atoms with Crippen molar-refractivity contribution in [3.63, 3.8) is 0 Å². The van der Waals surface area contributed by atoms with Crippen LogP contribution >= 0.6 is 0 Å². The van der Waals surface area contributed by atoms with Crippen molar-refractivity contribution < 1.29 is 0 Å². The van der Waals surface area contributed by atoms with E-state index in [0.29, 0.717) is 6.04 Å². The number of nitrogens with one attached hydrogen (secondary N) is 1. The molecule has 3 aliphatic rings. The molecule has 2 aliphatic carbocycles. The summed E-state index contributed by atoms with van der Waals surface area (Å²) in [5.41, 5.74) is 2.62. The maximum Gasteiger partial charge on any atom is 0.222 e. The number of aromatic nitrogens is 3. The first-order valence-electron chi connectivity index (χ1n) is 10.1. The molecule has 2 unspecified atom stereocenters. The highest BCUT2D eigenvalue weighted by atomic mass is 15.5. The molecule has 5 rings (SSSR count). The van der Waals surface area contributed by atoms with Crippen LogP contribution in [-0.2, 0) is 5.54 Å². The molecule has 4 nitrogen and oxygen atoms in total. The van der Waals surface area contributed by atoms with Crippen LogP contribution in [0.1, 0.15) is 63.4 Å². The minimum Gasteiger partial charge on any atom is -0.351 e. The second kappa shape index (κ2) is 5.86. The van der Waals surface area contributed by atoms with Crippen LogP contribution in [0.4, 0.5) is 5.95 Å². The summed E-state index contributed by atoms with van der Waals surface area (Å²) >= 11 is 0. The van der Waals surface area contributed by atoms with Crippen molar-refractivity contribution in [2.75, 3.05) is 5.32 Å². The SMILES string of the molecule is Cc1ccccc1-c1nc2n(n1)C1(CCCCC1)C1CCCCC1N2. The molecule has 2 fully saturated rings. The lowest BCUT2D eigenvalue weighted by Crippen LogP contribution is -2.55. The first kappa shape index (κ1) is 15.4. The van der Waals surface area contributed by atoms with Crippen molar-refractivity contribution in [2.24, 2.45) is 5.92 Å². The molecule has 0 radical (unpaired) electrons. The molecule has 25 heavy (non-hydrogen) atoms. The average Bonchev–Trinajstić information content (AvgIpc) is 3.08. The minimum absolute atomic E-state index is 0.206. The lowest BCUT2D eigenvalue weighted by Gasteiger charge is -2.52. The Hall–Kier alpha value is -1.84. The summed E-state index contributed by atoms with van der Waals surface area (Å²) in [5, 5.41) is 8.86. The third-order valence-electron chi connectivity index (χ3n) is 6.90. The Bertz CT molecular complexity index is 772. The number of anilines is 1. The minimum atomic E-state index is 0.206. The van der Waals surface area contributed by atoms with Gasteiger partial charge in [0, 0.05) is 17.5 Å². The van der Waals surface area contributed by atoms with Gasteiger partial charge in [-0.3, -0.25) is 0 Å². The fourth-order valence-corrected chi connectivity index (χ4v) is 5.67. The molecule has 1 aliphatic heterocycles. The molecule has 132 valence electrons. The Kier molecular flexibility index (Phi) is 3.61. The van der Waals surface area contributed by atoms with E-state index >= 15 is 0 Å². The largest absolute Gasteiger partial charge is 0.351 e. The summed E-state index contributed by atoms with van der Waals surface area (Å²) in [6.45, 7) is 2.15. The van der Waals surface area contributed by atoms with Crippen molar-refractivity contribution in [3.8, 4) is 11.4 Å². The summed E-state index contributed by atoms with van der Waals surface area (Å²) in [6.07, 6.45) is 12.0. The molecular weight excluding hydrogens is 308 g/mol. The van der Waals surface area contributed by atoms with E-state index in [0.717, 1.165) is 17.7 Å². The van der Waals surface area contributed by atoms with E-state index in [2.05, 4.69) is 41.2 Å². The van der Waals surface area contributed by atoms with Crippen LogP contribution < -0.4 is 5.32 Å². The van der Waals surface area contributed by atoms with E-state index in [-0.39, 0.29) is 5.54 Å². The summed E-state index contributed by atoms with van der Waals surface area (Å²) < 4.78 is 2.32. The smallest absolute Gasteiger partial charge is 0.222 e. The summed E-state index contributed by atoms with van der Waals surface area (Å²) in [4.78, 5) is 4.96. The Morgan fingerprint density at radius 2 is 1.84 bits per heavy atom. The lowest BCUT2D eigenvalue weighted by atomic mass is 9.64. The van der Waals surface area contributed by atoms with Gasteiger partial charge in [-0.1, -0.05) is 56.4 Å². The van der Waals surface area contributed by atoms with E-state index in [1.165, 1.54) is 68.9 Å². The first-order valence-corrected chi connectivity index (χ1v) is 10.1. The number of fused-ring (bicyclic) bond motifs is 4. The van der Waals surface area contributed by atoms with Gasteiger partial charge in [0.25, 0.3) is 0 Å². The Balaban J connectivity index is 1.64. The molecule has 0 saturated heterocycles. The maximum absolute atomic E-state index is 5.09. The molecule has 1 N–H and O–H groups in total. The third kappa shape index (κ3) is 2.33. The van der Waals surface area contributed by atoms with Crippen LogP contribution in [0, 0.1) is 12.8 Å². The van der Waals surface area contributed by atoms with Crippen molar-refractivity contribution in [2.45, 2.75) is 76.3 Å². The lowest BCUT2D eigenvalue weighted by molar-refractivity contribution is 0.0455. The van der Waals surface area contributed by atoms with Gasteiger partial charge >= 0.3 is 0 Å². The molecule has 0 amide bonds. The van der Waals surface area contributed by atoms with E-state index < -0.39 is 0 Å². The number of hydrogen-bond donors (Lipinski definition) is 1. The van der Waals surface area contributed by atoms with Crippen molar-refractivity contribution in [3.05, 3.63) is 29.8 Å². The quantitative estimate of drug-likeness (QED) is 0.805. The molecular formula is C21H28N4. The van der Waals surface area contributed by atoms with Crippen molar-refractivity contribution >= 4 is 5.95 Å². The zero-order valence-corrected chi connectivity index (χ0v) is 15.2. The third-order valence-corrected chi connectivity index (χ3v) is 6.90. The highest BCUT2D eigenvalue weighted by molar-refractivity contribution is 5.61. The van der Waals surface area contributed by atoms with Gasteiger partial charge in [0.1, 0.15) is 0 Å². The van der Waals surface area contributed by atoms with Crippen LogP contribution in [0.25, 0.3) is 11.4 Å². The highest BCUT2D eigenvalue weighted by Gasteiger charge is 2.51. The fourth-order valence-electron chi connectivity index (χ4n) is 5.67. The topological polar surface area (TPSA) is 42.7 Å². The average molecular weight is 336 g/mol. The zero-order chi connectivity index (χ0) is 16.9. The molecule has 1 aromatic carbocycles. The van der Waals surface area contributed by atoms with Gasteiger partial charge in [0.05, 0.1) is 5.54 Å². The van der Waals surface area contributed by atoms with Gasteiger partial charge < -0.3 is 5.32 Å². The Morgan fingerprint density at radius 3 is 2.68 bits per heavy atom. The van der Waals surface area contributed by atoms with Crippen LogP contribution in [0.15, 0.2) is 24.3 Å². The second-order valence-electron chi connectivity index (χ2n) is 8.29. The molecule has 2 atom stereocenters. The van der Waals surface area contributed by atoms with E-state index in [1.807, 2.05) is 0 Å². The number of nitrogens with zero attached hydrogens (tertiary/aromatic N) is 3. The van der Waals surface area contributed by atoms with Crippen LogP contribution in [0.5, 0.6) is 0 Å². The fraction of sp³-hybridized carbons (Fsp3) is 0.619. The van der Waals surface area contributed by atoms with Crippen molar-refractivity contribution in [1.82, 2.24) is 14.8 Å². The molecule has 2 saturated carbocycles. The Labute approximate surface area is 150 Å². The van der Waals surface area contributed by atoms with Gasteiger partial charge in [-0.2, -0.15) is 4.98 Å². The predicted octanol–water partition coefficient (Wildman–Crippen LogP) is 4.90. The molecule has 2 heterocycles. The van der Waals surface area contributed by atoms with Gasteiger partial charge in [0.15, 0.2) is 5.82 Å². The predicted molar refractivity (Wildman–Crippen MR) is 101 cm³/mol. The molecule has 2 aromatic rings. The summed E-state index contributed by atoms with van der Waals surface area (Å²) in [6, 6.07) is 9.07. The van der Waals surface area contributed by atoms with Gasteiger partial charge in [-0.05, 0) is 38.2 Å². The highest BCUT2D eigenvalue weighted by Crippen LogP contribution is 2.51. The van der Waals surface area contributed by atoms with Crippen molar-refractivity contribution in [1.29, 1.82) is 0 Å². The van der Waals surface area contributed by atoms with Gasteiger partial charge in [-0.25, -0.2) is 4.68 Å². The van der Waals surface area contributed by atoms with Crippen LogP contribution in [0.2, 0.25) is 0 Å². The van der Waals surface area contributed by atoms with Crippen LogP contribution in [-0.4, -0.2) is 20.8 Å². The maximum atomic E-state index is 5.09. The summed E-state index contributed by atoms with van der Waals surface area (Å²) in [5.74, 6) is 2.63. The number of aryl methyl sites for hydroxylation is 1. The normalized spacial score (nSPS) is 27.4. The van der Waals surface area contributed by atoms with Gasteiger partial charge in [-0.15, -0.1) is 5.10 Å². The monoisotopic (exact) mass is 336 g/mol. The molecule has 1 spiro atoms. The number of rotatable bonds is 1. The standard InChI is InChI=1S/C21H28N4/c1-15-9-3-4-10-16(15)19-23-20-22-18-12-6-5-11-17(18)21(25(20)24-19)13-7-2-8-14-21/h3-4,9-10,17-18H,2,5-8,11-14H2,1H3,(H,22,23,24). The molecule has 4 heteroatoms. The summed E-state index contributed by atoms with van der Waals surface area (Å²) in [7, 11) is 0. The van der Waals surface area contributed by atoms with E-state index in [1.54, 1.807) is 0 Å². The van der Waals surface area contributed by atoms with E-state index in [9.17, 15) is 0 Å². The first-order chi connectivity index (χ1) is 12.3. The van der Waals surface area contributed by atoms with Crippen LogP contribution in [0.3, 0.4) is 0 Å². The Morgan fingerprint density at radius 1 is 1.04 bits per heavy atom. The number of hydrogen-bond acceptors (Lipinski definition) is 3. The zero-order valence-electron chi connectivity index (χ0n) is 15.2. The second-order valence-corrected chi connectivity index (χ2v) is 8.29. The van der Waals surface area contributed by atoms with E-state index in [4.69, 9.17) is 10.1 Å². The molecule has 0 bridgehead atoms. The van der Waals surface area contributed by atoms with Gasteiger partial charge in [0.2, 0.25) is 5.95 Å². The molecule has 1 aromatic heterocycles. The number of benzene rings is 1.